The third kappa shape index (κ3) is 7.29. The maximum Gasteiger partial charge on any atom is 0.0565 e. The van der Waals surface area contributed by atoms with Gasteiger partial charge in [0, 0.05) is 27.8 Å². The highest BCUT2D eigenvalue weighted by Gasteiger charge is 2.24. The molecule has 11 aromatic rings. The molecule has 1 unspecified atom stereocenters. The molecular formula is C64H46N2. The zero-order chi connectivity index (χ0) is 43.8. The number of nitrogens with zero attached hydrogens (tertiary/aromatic N) is 2. The summed E-state index contributed by atoms with van der Waals surface area (Å²) in [6.07, 6.45) is 8.07. The minimum atomic E-state index is 0.0619. The summed E-state index contributed by atoms with van der Waals surface area (Å²) >= 11 is 0. The second kappa shape index (κ2) is 16.9. The van der Waals surface area contributed by atoms with Crippen LogP contribution in [0.1, 0.15) is 12.0 Å². The highest BCUT2D eigenvalue weighted by Crippen LogP contribution is 2.42. The van der Waals surface area contributed by atoms with Crippen LogP contribution in [0, 0.1) is 0 Å². The lowest BCUT2D eigenvalue weighted by Crippen LogP contribution is -2.30. The van der Waals surface area contributed by atoms with E-state index in [4.69, 9.17) is 0 Å². The average molecular weight is 843 g/mol. The molecular weight excluding hydrogens is 797 g/mol. The molecule has 1 heterocycles. The van der Waals surface area contributed by atoms with E-state index in [2.05, 4.69) is 270 Å². The van der Waals surface area contributed by atoms with Crippen LogP contribution >= 0.6 is 0 Å². The van der Waals surface area contributed by atoms with Crippen molar-refractivity contribution in [3.63, 3.8) is 0 Å². The van der Waals surface area contributed by atoms with Crippen LogP contribution in [0.3, 0.4) is 0 Å². The van der Waals surface area contributed by atoms with Gasteiger partial charge in [0.1, 0.15) is 0 Å². The van der Waals surface area contributed by atoms with Gasteiger partial charge in [-0.1, -0.05) is 200 Å². The fraction of sp³-hybridized carbons (Fsp3) is 0.0312. The summed E-state index contributed by atoms with van der Waals surface area (Å²) in [7, 11) is 0. The van der Waals surface area contributed by atoms with E-state index in [1.807, 2.05) is 0 Å². The van der Waals surface area contributed by atoms with Gasteiger partial charge in [0.15, 0.2) is 0 Å². The van der Waals surface area contributed by atoms with Crippen LogP contribution in [0.4, 0.5) is 11.4 Å². The van der Waals surface area contributed by atoms with Gasteiger partial charge >= 0.3 is 0 Å². The molecule has 0 bridgehead atoms. The molecule has 10 aromatic carbocycles. The Hall–Kier alpha value is -8.46. The highest BCUT2D eigenvalue weighted by molar-refractivity contribution is 6.17. The van der Waals surface area contributed by atoms with Crippen molar-refractivity contribution in [1.82, 2.24) is 4.57 Å². The summed E-state index contributed by atoms with van der Waals surface area (Å²) in [6, 6.07) is 88.4. The van der Waals surface area contributed by atoms with Crippen LogP contribution in [0.25, 0.3) is 88.3 Å². The Bertz CT molecular complexity index is 3560. The minimum Gasteiger partial charge on any atom is -0.334 e. The monoisotopic (exact) mass is 842 g/mol. The molecule has 2 heteroatoms. The van der Waals surface area contributed by atoms with Crippen molar-refractivity contribution >= 4 is 49.5 Å². The normalized spacial score (nSPS) is 13.6. The number of benzene rings is 10. The molecule has 1 atom stereocenters. The largest absolute Gasteiger partial charge is 0.334 e. The Balaban J connectivity index is 0.959. The van der Waals surface area contributed by atoms with Crippen LogP contribution in [-0.4, -0.2) is 10.6 Å². The van der Waals surface area contributed by atoms with Crippen LogP contribution in [0.5, 0.6) is 0 Å². The molecule has 12 rings (SSSR count). The standard InChI is InChI=1S/C64H46N2/c1-4-15-45(16-5-1)47-29-31-48(32-30-47)49-33-37-57(38-34-49)65(58-39-35-50(36-40-58)52-22-12-21-51(41-52)46-17-6-2-7-18-46)59-26-13-23-55(42-59)60-27-14-28-62-64(60)61-43-53-19-10-11-20-54(53)44-63(61)66(62)56-24-8-3-9-25-56/h1-25,27-44,59H,26H2. The van der Waals surface area contributed by atoms with Gasteiger partial charge in [0.2, 0.25) is 0 Å². The number of hydrogen-bond acceptors (Lipinski definition) is 1. The molecule has 66 heavy (non-hydrogen) atoms. The molecule has 0 radical (unpaired) electrons. The van der Waals surface area contributed by atoms with Gasteiger partial charge in [0.25, 0.3) is 0 Å². The van der Waals surface area contributed by atoms with Crippen molar-refractivity contribution in [3.05, 3.63) is 266 Å². The first-order valence-electron chi connectivity index (χ1n) is 22.9. The second-order valence-electron chi connectivity index (χ2n) is 17.3. The third-order valence-electron chi connectivity index (χ3n) is 13.3. The molecule has 0 N–H and O–H groups in total. The summed E-state index contributed by atoms with van der Waals surface area (Å²) < 4.78 is 2.44. The van der Waals surface area contributed by atoms with E-state index in [-0.39, 0.29) is 6.04 Å². The Morgan fingerprint density at radius 2 is 0.848 bits per heavy atom. The predicted octanol–water partition coefficient (Wildman–Crippen LogP) is 17.2. The summed E-state index contributed by atoms with van der Waals surface area (Å²) in [5, 5.41) is 5.02. The van der Waals surface area contributed by atoms with E-state index < -0.39 is 0 Å². The summed E-state index contributed by atoms with van der Waals surface area (Å²) in [6.45, 7) is 0. The molecule has 0 aliphatic heterocycles. The lowest BCUT2D eigenvalue weighted by Gasteiger charge is -2.34. The molecule has 2 nitrogen and oxygen atoms in total. The number of allylic oxidation sites excluding steroid dienone is 2. The SMILES string of the molecule is C1=CC(c2cccc3c2c2cc4ccccc4cc2n3-c2ccccc2)=CC(N(c2ccc(-c3ccc(-c4ccccc4)cc3)cc2)c2ccc(-c3cccc(-c4ccccc4)c3)cc2)C1. The summed E-state index contributed by atoms with van der Waals surface area (Å²) in [5.74, 6) is 0. The van der Waals surface area contributed by atoms with Crippen molar-refractivity contribution in [3.8, 4) is 50.2 Å². The molecule has 0 amide bonds. The topological polar surface area (TPSA) is 8.17 Å². The molecule has 1 aliphatic carbocycles. The summed E-state index contributed by atoms with van der Waals surface area (Å²) in [5.41, 5.74) is 18.0. The Labute approximate surface area is 386 Å². The quantitative estimate of drug-likeness (QED) is 0.141. The number of anilines is 2. The fourth-order valence-corrected chi connectivity index (χ4v) is 10.0. The van der Waals surface area contributed by atoms with E-state index in [0.29, 0.717) is 0 Å². The van der Waals surface area contributed by atoms with Crippen molar-refractivity contribution in [2.24, 2.45) is 0 Å². The predicted molar refractivity (Wildman–Crippen MR) is 281 cm³/mol. The molecule has 312 valence electrons. The van der Waals surface area contributed by atoms with E-state index >= 15 is 0 Å². The van der Waals surface area contributed by atoms with Crippen molar-refractivity contribution in [1.29, 1.82) is 0 Å². The Morgan fingerprint density at radius 3 is 1.45 bits per heavy atom. The van der Waals surface area contributed by atoms with Crippen LogP contribution in [0.15, 0.2) is 261 Å². The first-order chi connectivity index (χ1) is 32.7. The minimum absolute atomic E-state index is 0.0619. The lowest BCUT2D eigenvalue weighted by molar-refractivity contribution is 0.788. The van der Waals surface area contributed by atoms with Gasteiger partial charge in [-0.15, -0.1) is 0 Å². The smallest absolute Gasteiger partial charge is 0.0565 e. The van der Waals surface area contributed by atoms with Gasteiger partial charge in [0.05, 0.1) is 17.1 Å². The van der Waals surface area contributed by atoms with Gasteiger partial charge in [-0.3, -0.25) is 0 Å². The molecule has 0 saturated heterocycles. The zero-order valence-corrected chi connectivity index (χ0v) is 36.5. The van der Waals surface area contributed by atoms with E-state index in [1.165, 1.54) is 88.2 Å². The van der Waals surface area contributed by atoms with Crippen molar-refractivity contribution in [2.75, 3.05) is 4.90 Å². The Morgan fingerprint density at radius 1 is 0.379 bits per heavy atom. The fourth-order valence-electron chi connectivity index (χ4n) is 10.0. The average Bonchev–Trinajstić information content (AvgIpc) is 3.72. The molecule has 1 aliphatic rings. The number of rotatable bonds is 9. The van der Waals surface area contributed by atoms with Crippen LogP contribution in [0.2, 0.25) is 0 Å². The first-order valence-corrected chi connectivity index (χ1v) is 22.9. The number of fused-ring (bicyclic) bond motifs is 4. The maximum absolute atomic E-state index is 2.52. The number of aromatic nitrogens is 1. The van der Waals surface area contributed by atoms with E-state index in [0.717, 1.165) is 23.5 Å². The van der Waals surface area contributed by atoms with Gasteiger partial charge < -0.3 is 9.47 Å². The highest BCUT2D eigenvalue weighted by atomic mass is 15.2. The molecule has 0 spiro atoms. The van der Waals surface area contributed by atoms with Crippen LogP contribution < -0.4 is 4.90 Å². The van der Waals surface area contributed by atoms with Gasteiger partial charge in [-0.25, -0.2) is 0 Å². The van der Waals surface area contributed by atoms with Gasteiger partial charge in [-0.05, 0) is 134 Å². The molecule has 0 fully saturated rings. The van der Waals surface area contributed by atoms with E-state index in [9.17, 15) is 0 Å². The van der Waals surface area contributed by atoms with Gasteiger partial charge in [-0.2, -0.15) is 0 Å². The molecule has 0 saturated carbocycles. The second-order valence-corrected chi connectivity index (χ2v) is 17.3. The lowest BCUT2D eigenvalue weighted by atomic mass is 9.92. The van der Waals surface area contributed by atoms with Crippen molar-refractivity contribution < 1.29 is 0 Å². The summed E-state index contributed by atoms with van der Waals surface area (Å²) in [4.78, 5) is 2.52. The van der Waals surface area contributed by atoms with Crippen molar-refractivity contribution in [2.45, 2.75) is 12.5 Å². The third-order valence-corrected chi connectivity index (χ3v) is 13.3. The Kier molecular flexibility index (Phi) is 10.0. The first kappa shape index (κ1) is 39.2. The zero-order valence-electron chi connectivity index (χ0n) is 36.5. The molecule has 1 aromatic heterocycles. The number of hydrogen-bond donors (Lipinski definition) is 0. The number of para-hydroxylation sites is 1. The van der Waals surface area contributed by atoms with Crippen LogP contribution in [-0.2, 0) is 0 Å². The van der Waals surface area contributed by atoms with E-state index in [1.54, 1.807) is 0 Å². The maximum atomic E-state index is 2.52.